The molecule has 3 heterocycles. The number of aromatic nitrogens is 3. The van der Waals surface area contributed by atoms with Gasteiger partial charge in [-0.2, -0.15) is 0 Å². The van der Waals surface area contributed by atoms with Crippen molar-refractivity contribution in [3.63, 3.8) is 0 Å². The minimum atomic E-state index is 0.318. The van der Waals surface area contributed by atoms with Crippen LogP contribution in [0.2, 0.25) is 0 Å². The maximum Gasteiger partial charge on any atom is 0.137 e. The Hall–Kier alpha value is -2.05. The van der Waals surface area contributed by atoms with E-state index in [1.165, 1.54) is 0 Å². The third-order valence-electron chi connectivity index (χ3n) is 3.85. The summed E-state index contributed by atoms with van der Waals surface area (Å²) < 4.78 is 5.54. The van der Waals surface area contributed by atoms with E-state index in [-0.39, 0.29) is 0 Å². The Balaban J connectivity index is 1.72. The standard InChI is InChI=1S/C16H16N4OS/c1-2-12(8-21-5-1)20-16-13-6-11(15-7-17-10-22-15)3-4-14(13)18-9-19-16/h3-4,6-7,9-10,12H,1-2,5,8H2,(H,18,19,20). The zero-order chi connectivity index (χ0) is 14.8. The first-order valence-electron chi connectivity index (χ1n) is 7.38. The lowest BCUT2D eigenvalue weighted by Gasteiger charge is -2.24. The van der Waals surface area contributed by atoms with Gasteiger partial charge in [-0.05, 0) is 30.5 Å². The molecule has 1 aliphatic rings. The second-order valence-electron chi connectivity index (χ2n) is 5.38. The molecule has 0 aliphatic carbocycles. The first-order chi connectivity index (χ1) is 10.9. The van der Waals surface area contributed by atoms with E-state index in [2.05, 4.69) is 32.4 Å². The number of fused-ring (bicyclic) bond motifs is 1. The smallest absolute Gasteiger partial charge is 0.137 e. The maximum absolute atomic E-state index is 5.54. The monoisotopic (exact) mass is 312 g/mol. The second-order valence-corrected chi connectivity index (χ2v) is 6.26. The summed E-state index contributed by atoms with van der Waals surface area (Å²) in [5.41, 5.74) is 3.94. The summed E-state index contributed by atoms with van der Waals surface area (Å²) in [5.74, 6) is 0.881. The van der Waals surface area contributed by atoms with Gasteiger partial charge in [0.05, 0.1) is 28.6 Å². The molecule has 1 atom stereocenters. The summed E-state index contributed by atoms with van der Waals surface area (Å²) >= 11 is 1.63. The quantitative estimate of drug-likeness (QED) is 0.803. The number of rotatable bonds is 3. The summed E-state index contributed by atoms with van der Waals surface area (Å²) in [6.07, 6.45) is 5.70. The van der Waals surface area contributed by atoms with Crippen molar-refractivity contribution in [3.05, 3.63) is 36.2 Å². The van der Waals surface area contributed by atoms with Crippen LogP contribution in [-0.4, -0.2) is 34.2 Å². The van der Waals surface area contributed by atoms with Crippen molar-refractivity contribution in [2.45, 2.75) is 18.9 Å². The average molecular weight is 312 g/mol. The molecule has 1 aliphatic heterocycles. The molecule has 22 heavy (non-hydrogen) atoms. The van der Waals surface area contributed by atoms with Crippen LogP contribution in [-0.2, 0) is 4.74 Å². The van der Waals surface area contributed by atoms with Gasteiger partial charge in [-0.1, -0.05) is 6.07 Å². The molecule has 1 unspecified atom stereocenters. The van der Waals surface area contributed by atoms with Crippen molar-refractivity contribution < 1.29 is 4.74 Å². The Bertz CT molecular complexity index is 769. The zero-order valence-corrected chi connectivity index (χ0v) is 12.8. The number of thiazole rings is 1. The summed E-state index contributed by atoms with van der Waals surface area (Å²) in [7, 11) is 0. The Morgan fingerprint density at radius 2 is 2.27 bits per heavy atom. The number of hydrogen-bond donors (Lipinski definition) is 1. The molecule has 0 radical (unpaired) electrons. The first-order valence-corrected chi connectivity index (χ1v) is 8.26. The van der Waals surface area contributed by atoms with Crippen molar-refractivity contribution in [2.75, 3.05) is 18.5 Å². The van der Waals surface area contributed by atoms with Crippen LogP contribution in [0.4, 0.5) is 5.82 Å². The lowest BCUT2D eigenvalue weighted by molar-refractivity contribution is 0.0875. The molecule has 6 heteroatoms. The van der Waals surface area contributed by atoms with Crippen LogP contribution in [0.5, 0.6) is 0 Å². The van der Waals surface area contributed by atoms with E-state index in [4.69, 9.17) is 4.74 Å². The number of ether oxygens (including phenoxy) is 1. The van der Waals surface area contributed by atoms with Crippen LogP contribution in [0, 0.1) is 0 Å². The number of anilines is 1. The van der Waals surface area contributed by atoms with Crippen molar-refractivity contribution in [1.82, 2.24) is 15.0 Å². The fraction of sp³-hybridized carbons (Fsp3) is 0.312. The highest BCUT2D eigenvalue weighted by Crippen LogP contribution is 2.29. The van der Waals surface area contributed by atoms with E-state index < -0.39 is 0 Å². The molecule has 112 valence electrons. The molecule has 0 saturated carbocycles. The normalized spacial score (nSPS) is 18.5. The van der Waals surface area contributed by atoms with E-state index in [1.54, 1.807) is 17.7 Å². The minimum Gasteiger partial charge on any atom is -0.379 e. The van der Waals surface area contributed by atoms with Crippen LogP contribution in [0.15, 0.2) is 36.2 Å². The lowest BCUT2D eigenvalue weighted by atomic mass is 10.1. The summed E-state index contributed by atoms with van der Waals surface area (Å²) in [6, 6.07) is 6.57. The van der Waals surface area contributed by atoms with Crippen LogP contribution < -0.4 is 5.32 Å². The predicted octanol–water partition coefficient (Wildman–Crippen LogP) is 3.34. The predicted molar refractivity (Wildman–Crippen MR) is 88.1 cm³/mol. The highest BCUT2D eigenvalue weighted by atomic mass is 32.1. The largest absolute Gasteiger partial charge is 0.379 e. The fourth-order valence-electron chi connectivity index (χ4n) is 2.73. The number of nitrogens with one attached hydrogen (secondary N) is 1. The van der Waals surface area contributed by atoms with Gasteiger partial charge in [0.15, 0.2) is 0 Å². The van der Waals surface area contributed by atoms with E-state index >= 15 is 0 Å². The van der Waals surface area contributed by atoms with Crippen molar-refractivity contribution >= 4 is 28.1 Å². The van der Waals surface area contributed by atoms with Crippen molar-refractivity contribution in [3.8, 4) is 10.4 Å². The maximum atomic E-state index is 5.54. The Labute approximate surface area is 132 Å². The topological polar surface area (TPSA) is 59.9 Å². The zero-order valence-electron chi connectivity index (χ0n) is 12.0. The number of nitrogens with zero attached hydrogens (tertiary/aromatic N) is 3. The van der Waals surface area contributed by atoms with Crippen molar-refractivity contribution in [1.29, 1.82) is 0 Å². The van der Waals surface area contributed by atoms with Crippen LogP contribution in [0.1, 0.15) is 12.8 Å². The molecular weight excluding hydrogens is 296 g/mol. The van der Waals surface area contributed by atoms with Crippen LogP contribution in [0.25, 0.3) is 21.3 Å². The van der Waals surface area contributed by atoms with E-state index in [0.29, 0.717) is 6.04 Å². The van der Waals surface area contributed by atoms with Gasteiger partial charge >= 0.3 is 0 Å². The van der Waals surface area contributed by atoms with Gasteiger partial charge < -0.3 is 10.1 Å². The van der Waals surface area contributed by atoms with E-state index in [9.17, 15) is 0 Å². The molecule has 0 amide bonds. The third kappa shape index (κ3) is 2.67. The van der Waals surface area contributed by atoms with Gasteiger partial charge in [0.1, 0.15) is 12.1 Å². The Morgan fingerprint density at radius 3 is 3.09 bits per heavy atom. The van der Waals surface area contributed by atoms with Gasteiger partial charge in [-0.15, -0.1) is 11.3 Å². The molecule has 4 rings (SSSR count). The van der Waals surface area contributed by atoms with E-state index in [0.717, 1.165) is 53.2 Å². The molecule has 1 aromatic carbocycles. The molecule has 1 N–H and O–H groups in total. The SMILES string of the molecule is c1nc(NC2CCCOC2)c2cc(-c3cncs3)ccc2n1. The summed E-state index contributed by atoms with van der Waals surface area (Å²) in [4.78, 5) is 14.1. The Morgan fingerprint density at radius 1 is 1.27 bits per heavy atom. The molecule has 0 spiro atoms. The highest BCUT2D eigenvalue weighted by molar-refractivity contribution is 7.13. The van der Waals surface area contributed by atoms with Gasteiger partial charge in [-0.25, -0.2) is 9.97 Å². The third-order valence-corrected chi connectivity index (χ3v) is 4.68. The van der Waals surface area contributed by atoms with Crippen LogP contribution in [0.3, 0.4) is 0 Å². The number of benzene rings is 1. The molecule has 1 fully saturated rings. The van der Waals surface area contributed by atoms with E-state index in [1.807, 2.05) is 17.8 Å². The molecule has 3 aromatic rings. The second kappa shape index (κ2) is 5.98. The highest BCUT2D eigenvalue weighted by Gasteiger charge is 2.15. The molecule has 0 bridgehead atoms. The number of hydrogen-bond acceptors (Lipinski definition) is 6. The molecule has 1 saturated heterocycles. The van der Waals surface area contributed by atoms with Gasteiger partial charge in [0, 0.05) is 18.2 Å². The fourth-order valence-corrected chi connectivity index (χ4v) is 3.35. The molecule has 2 aromatic heterocycles. The van der Waals surface area contributed by atoms with Gasteiger partial charge in [-0.3, -0.25) is 4.98 Å². The first kappa shape index (κ1) is 13.6. The van der Waals surface area contributed by atoms with Gasteiger partial charge in [0.25, 0.3) is 0 Å². The van der Waals surface area contributed by atoms with Crippen molar-refractivity contribution in [2.24, 2.45) is 0 Å². The molecular formula is C16H16N4OS. The summed E-state index contributed by atoms with van der Waals surface area (Å²) in [5, 5.41) is 4.55. The van der Waals surface area contributed by atoms with Gasteiger partial charge in [0.2, 0.25) is 0 Å². The minimum absolute atomic E-state index is 0.318. The Kier molecular flexibility index (Phi) is 3.70. The molecule has 5 nitrogen and oxygen atoms in total. The average Bonchev–Trinajstić information content (AvgIpc) is 3.10. The lowest BCUT2D eigenvalue weighted by Crippen LogP contribution is -2.30. The summed E-state index contributed by atoms with van der Waals surface area (Å²) in [6.45, 7) is 1.60. The van der Waals surface area contributed by atoms with Crippen LogP contribution >= 0.6 is 11.3 Å².